The van der Waals surface area contributed by atoms with Crippen molar-refractivity contribution in [3.63, 3.8) is 0 Å². The summed E-state index contributed by atoms with van der Waals surface area (Å²) in [4.78, 5) is 40.8. The second-order valence-corrected chi connectivity index (χ2v) is 8.91. The van der Waals surface area contributed by atoms with Gasteiger partial charge in [0.1, 0.15) is 11.5 Å². The zero-order valence-corrected chi connectivity index (χ0v) is 19.8. The molecule has 2 aliphatic rings. The first-order valence-corrected chi connectivity index (χ1v) is 11.6. The number of ether oxygens (including phenoxy) is 2. The SMILES string of the molecule is CCCC1NC(SCC(=O)Nc2cc(OC)ccc2OC)C2C(=O)N(C)C(=O)N(C)C2N1. The number of thioether (sulfide) groups is 1. The van der Waals surface area contributed by atoms with Gasteiger partial charge in [-0.05, 0) is 18.6 Å². The van der Waals surface area contributed by atoms with Gasteiger partial charge in [-0.2, -0.15) is 0 Å². The van der Waals surface area contributed by atoms with E-state index in [-0.39, 0.29) is 35.1 Å². The van der Waals surface area contributed by atoms with E-state index in [0.717, 1.165) is 17.7 Å². The van der Waals surface area contributed by atoms with Crippen molar-refractivity contribution in [1.29, 1.82) is 0 Å². The van der Waals surface area contributed by atoms with E-state index in [0.29, 0.717) is 17.2 Å². The Hall–Kier alpha value is -2.50. The number of nitrogens with zero attached hydrogens (tertiary/aromatic N) is 2. The van der Waals surface area contributed by atoms with Gasteiger partial charge >= 0.3 is 6.03 Å². The molecule has 4 amide bonds. The number of amides is 4. The Kier molecular flexibility index (Phi) is 7.86. The standard InChI is InChI=1S/C21H31N5O5S/c1-6-7-15-23-18-17(20(28)26(3)21(29)25(18)2)19(24-15)32-11-16(27)22-13-10-12(30-4)8-9-14(13)31-5/h8-10,15,17-19,23-24H,6-7,11H2,1-5H3,(H,22,27). The lowest BCUT2D eigenvalue weighted by molar-refractivity contribution is -0.140. The maximum Gasteiger partial charge on any atom is 0.327 e. The van der Waals surface area contributed by atoms with Crippen LogP contribution in [0, 0.1) is 5.92 Å². The van der Waals surface area contributed by atoms with E-state index < -0.39 is 12.1 Å². The summed E-state index contributed by atoms with van der Waals surface area (Å²) < 4.78 is 10.5. The first kappa shape index (κ1) is 24.1. The fourth-order valence-electron chi connectivity index (χ4n) is 3.99. The largest absolute Gasteiger partial charge is 0.497 e. The van der Waals surface area contributed by atoms with Crippen LogP contribution in [-0.4, -0.2) is 79.4 Å². The van der Waals surface area contributed by atoms with Crippen molar-refractivity contribution in [3.8, 4) is 11.5 Å². The van der Waals surface area contributed by atoms with Gasteiger partial charge in [0.2, 0.25) is 11.8 Å². The van der Waals surface area contributed by atoms with Crippen LogP contribution in [0.15, 0.2) is 18.2 Å². The quantitative estimate of drug-likeness (QED) is 0.529. The molecule has 0 spiro atoms. The second-order valence-electron chi connectivity index (χ2n) is 7.78. The van der Waals surface area contributed by atoms with Gasteiger partial charge in [0.15, 0.2) is 0 Å². The van der Waals surface area contributed by atoms with Crippen molar-refractivity contribution in [2.24, 2.45) is 5.92 Å². The molecule has 32 heavy (non-hydrogen) atoms. The fraction of sp³-hybridized carbons (Fsp3) is 0.571. The van der Waals surface area contributed by atoms with E-state index >= 15 is 0 Å². The predicted octanol–water partition coefficient (Wildman–Crippen LogP) is 1.49. The number of methoxy groups -OCH3 is 2. The van der Waals surface area contributed by atoms with Gasteiger partial charge in [0.05, 0.1) is 49.3 Å². The zero-order valence-electron chi connectivity index (χ0n) is 19.0. The molecular formula is C21H31N5O5S. The smallest absolute Gasteiger partial charge is 0.327 e. The van der Waals surface area contributed by atoms with Crippen LogP contribution in [-0.2, 0) is 9.59 Å². The summed E-state index contributed by atoms with van der Waals surface area (Å²) in [5, 5.41) is 9.34. The molecule has 3 rings (SSSR count). The van der Waals surface area contributed by atoms with Crippen molar-refractivity contribution in [2.45, 2.75) is 37.5 Å². The van der Waals surface area contributed by atoms with Gasteiger partial charge in [-0.15, -0.1) is 11.8 Å². The van der Waals surface area contributed by atoms with E-state index in [1.54, 1.807) is 37.3 Å². The molecule has 176 valence electrons. The van der Waals surface area contributed by atoms with E-state index in [9.17, 15) is 14.4 Å². The Labute approximate surface area is 192 Å². The van der Waals surface area contributed by atoms with Crippen molar-refractivity contribution in [3.05, 3.63) is 18.2 Å². The van der Waals surface area contributed by atoms with Crippen LogP contribution in [0.5, 0.6) is 11.5 Å². The highest BCUT2D eigenvalue weighted by molar-refractivity contribution is 8.00. The summed E-state index contributed by atoms with van der Waals surface area (Å²) in [7, 11) is 6.25. The molecule has 1 aromatic carbocycles. The molecule has 0 radical (unpaired) electrons. The van der Waals surface area contributed by atoms with Crippen molar-refractivity contribution in [1.82, 2.24) is 20.4 Å². The molecule has 2 heterocycles. The molecule has 2 saturated heterocycles. The fourth-order valence-corrected chi connectivity index (χ4v) is 5.12. The Balaban J connectivity index is 1.72. The van der Waals surface area contributed by atoms with Crippen LogP contribution in [0.3, 0.4) is 0 Å². The van der Waals surface area contributed by atoms with Gasteiger partial charge in [-0.3, -0.25) is 25.1 Å². The normalized spacial score (nSPS) is 25.4. The number of carbonyl (C=O) groups is 3. The molecule has 3 N–H and O–H groups in total. The molecule has 10 nitrogen and oxygen atoms in total. The first-order valence-electron chi connectivity index (χ1n) is 10.5. The van der Waals surface area contributed by atoms with Crippen LogP contribution in [0.4, 0.5) is 10.5 Å². The number of rotatable bonds is 8. The summed E-state index contributed by atoms with van der Waals surface area (Å²) in [5.74, 6) is 0.236. The molecule has 2 fully saturated rings. The number of fused-ring (bicyclic) bond motifs is 1. The number of imide groups is 1. The minimum Gasteiger partial charge on any atom is -0.497 e. The van der Waals surface area contributed by atoms with Gasteiger partial charge in [0.25, 0.3) is 0 Å². The van der Waals surface area contributed by atoms with E-state index in [1.807, 2.05) is 0 Å². The number of urea groups is 1. The monoisotopic (exact) mass is 465 g/mol. The van der Waals surface area contributed by atoms with Crippen LogP contribution in [0.2, 0.25) is 0 Å². The summed E-state index contributed by atoms with van der Waals surface area (Å²) in [6.45, 7) is 2.07. The lowest BCUT2D eigenvalue weighted by Crippen LogP contribution is -2.74. The summed E-state index contributed by atoms with van der Waals surface area (Å²) >= 11 is 1.35. The molecule has 4 unspecified atom stereocenters. The molecule has 0 aliphatic carbocycles. The molecule has 0 aromatic heterocycles. The average molecular weight is 466 g/mol. The molecule has 11 heteroatoms. The summed E-state index contributed by atoms with van der Waals surface area (Å²) in [6.07, 6.45) is 1.27. The highest BCUT2D eigenvalue weighted by Crippen LogP contribution is 2.33. The average Bonchev–Trinajstić information content (AvgIpc) is 2.79. The van der Waals surface area contributed by atoms with Gasteiger partial charge in [0, 0.05) is 20.2 Å². The number of anilines is 1. The molecule has 4 atom stereocenters. The highest BCUT2D eigenvalue weighted by Gasteiger charge is 2.50. The van der Waals surface area contributed by atoms with Crippen LogP contribution < -0.4 is 25.4 Å². The Morgan fingerprint density at radius 3 is 2.59 bits per heavy atom. The molecule has 1 aromatic rings. The van der Waals surface area contributed by atoms with Crippen molar-refractivity contribution < 1.29 is 23.9 Å². The molecule has 0 saturated carbocycles. The number of nitrogens with one attached hydrogen (secondary N) is 3. The maximum atomic E-state index is 12.9. The third kappa shape index (κ3) is 4.94. The topological polar surface area (TPSA) is 112 Å². The van der Waals surface area contributed by atoms with Gasteiger partial charge in [-0.1, -0.05) is 13.3 Å². The van der Waals surface area contributed by atoms with Crippen molar-refractivity contribution >= 4 is 35.3 Å². The summed E-state index contributed by atoms with van der Waals surface area (Å²) in [6, 6.07) is 4.82. The molecular weight excluding hydrogens is 434 g/mol. The lowest BCUT2D eigenvalue weighted by Gasteiger charge is -2.50. The number of benzene rings is 1. The lowest BCUT2D eigenvalue weighted by atomic mass is 9.96. The van der Waals surface area contributed by atoms with Gasteiger partial charge in [-0.25, -0.2) is 4.79 Å². The van der Waals surface area contributed by atoms with Crippen LogP contribution >= 0.6 is 11.8 Å². The number of hydrogen-bond acceptors (Lipinski definition) is 8. The number of hydrogen-bond donors (Lipinski definition) is 3. The third-order valence-corrected chi connectivity index (χ3v) is 6.89. The number of carbonyl (C=O) groups excluding carboxylic acids is 3. The van der Waals surface area contributed by atoms with E-state index in [4.69, 9.17) is 9.47 Å². The predicted molar refractivity (Wildman–Crippen MR) is 123 cm³/mol. The minimum absolute atomic E-state index is 0.0632. The van der Waals surface area contributed by atoms with E-state index in [1.165, 1.54) is 25.9 Å². The van der Waals surface area contributed by atoms with Crippen LogP contribution in [0.1, 0.15) is 19.8 Å². The minimum atomic E-state index is -0.514. The Morgan fingerprint density at radius 2 is 1.94 bits per heavy atom. The zero-order chi connectivity index (χ0) is 23.4. The highest BCUT2D eigenvalue weighted by atomic mass is 32.2. The van der Waals surface area contributed by atoms with Gasteiger partial charge < -0.3 is 19.7 Å². The molecule has 0 bridgehead atoms. The van der Waals surface area contributed by atoms with Crippen molar-refractivity contribution in [2.75, 3.05) is 39.4 Å². The summed E-state index contributed by atoms with van der Waals surface area (Å²) in [5.41, 5.74) is 0.510. The maximum absolute atomic E-state index is 12.9. The van der Waals surface area contributed by atoms with Crippen LogP contribution in [0.25, 0.3) is 0 Å². The molecule has 2 aliphatic heterocycles. The Morgan fingerprint density at radius 1 is 1.19 bits per heavy atom. The third-order valence-electron chi connectivity index (χ3n) is 5.68. The second kappa shape index (κ2) is 10.4. The van der Waals surface area contributed by atoms with E-state index in [2.05, 4.69) is 22.9 Å². The Bertz CT molecular complexity index is 869. The first-order chi connectivity index (χ1) is 15.3.